The van der Waals surface area contributed by atoms with Crippen molar-refractivity contribution < 1.29 is 9.26 Å². The molecule has 2 heterocycles. The first-order valence-electron chi connectivity index (χ1n) is 5.96. The van der Waals surface area contributed by atoms with E-state index in [1.54, 1.807) is 0 Å². The number of nitrogens with zero attached hydrogens (tertiary/aromatic N) is 2. The first kappa shape index (κ1) is 11.5. The van der Waals surface area contributed by atoms with E-state index in [2.05, 4.69) is 17.1 Å². The first-order valence-corrected chi connectivity index (χ1v) is 5.96. The minimum Gasteiger partial charge on any atom is -0.370 e. The van der Waals surface area contributed by atoms with E-state index < -0.39 is 0 Å². The third-order valence-electron chi connectivity index (χ3n) is 2.94. The van der Waals surface area contributed by atoms with Crippen molar-refractivity contribution in [3.05, 3.63) is 11.7 Å². The third-order valence-corrected chi connectivity index (χ3v) is 2.94. The molecule has 0 aromatic carbocycles. The fourth-order valence-electron chi connectivity index (χ4n) is 1.91. The second kappa shape index (κ2) is 5.41. The maximum atomic E-state index is 5.51. The zero-order chi connectivity index (χ0) is 11.4. The van der Waals surface area contributed by atoms with Gasteiger partial charge in [0, 0.05) is 12.5 Å². The van der Waals surface area contributed by atoms with Gasteiger partial charge in [0.15, 0.2) is 0 Å². The molecular formula is C11H19N3O2. The number of rotatable bonds is 5. The highest BCUT2D eigenvalue weighted by Gasteiger charge is 2.24. The molecule has 0 radical (unpaired) electrons. The van der Waals surface area contributed by atoms with Crippen molar-refractivity contribution in [2.45, 2.75) is 44.6 Å². The monoisotopic (exact) mass is 225 g/mol. The van der Waals surface area contributed by atoms with Gasteiger partial charge in [0.2, 0.25) is 11.7 Å². The molecule has 5 nitrogen and oxygen atoms in total. The van der Waals surface area contributed by atoms with E-state index in [1.165, 1.54) is 0 Å². The predicted molar refractivity (Wildman–Crippen MR) is 58.9 cm³/mol. The second-order valence-electron chi connectivity index (χ2n) is 4.32. The highest BCUT2D eigenvalue weighted by molar-refractivity contribution is 4.96. The van der Waals surface area contributed by atoms with Gasteiger partial charge in [-0.1, -0.05) is 12.1 Å². The summed E-state index contributed by atoms with van der Waals surface area (Å²) in [5, 5.41) is 3.98. The van der Waals surface area contributed by atoms with E-state index >= 15 is 0 Å². The molecule has 2 atom stereocenters. The molecule has 2 rings (SSSR count). The summed E-state index contributed by atoms with van der Waals surface area (Å²) in [4.78, 5) is 4.40. The Balaban J connectivity index is 1.95. The van der Waals surface area contributed by atoms with E-state index in [0.29, 0.717) is 18.3 Å². The number of aromatic nitrogens is 2. The van der Waals surface area contributed by atoms with Crippen LogP contribution in [-0.4, -0.2) is 23.3 Å². The molecule has 2 N–H and O–H groups in total. The smallest absolute Gasteiger partial charge is 0.229 e. The summed E-state index contributed by atoms with van der Waals surface area (Å²) in [7, 11) is 0. The van der Waals surface area contributed by atoms with Crippen LogP contribution in [0.3, 0.4) is 0 Å². The molecule has 0 aliphatic carbocycles. The first-order chi connectivity index (χ1) is 7.81. The SMILES string of the molecule is CC(CCCN)c1nc(C2CCCO2)no1. The van der Waals surface area contributed by atoms with Crippen LogP contribution < -0.4 is 5.73 Å². The zero-order valence-electron chi connectivity index (χ0n) is 9.69. The van der Waals surface area contributed by atoms with Gasteiger partial charge in [0.05, 0.1) is 0 Å². The van der Waals surface area contributed by atoms with E-state index in [0.717, 1.165) is 32.3 Å². The lowest BCUT2D eigenvalue weighted by atomic mass is 10.1. The fourth-order valence-corrected chi connectivity index (χ4v) is 1.91. The highest BCUT2D eigenvalue weighted by atomic mass is 16.5. The normalized spacial score (nSPS) is 22.5. The Morgan fingerprint density at radius 2 is 2.44 bits per heavy atom. The number of ether oxygens (including phenoxy) is 1. The van der Waals surface area contributed by atoms with Crippen molar-refractivity contribution in [1.29, 1.82) is 0 Å². The average Bonchev–Trinajstić information content (AvgIpc) is 2.94. The van der Waals surface area contributed by atoms with Gasteiger partial charge >= 0.3 is 0 Å². The van der Waals surface area contributed by atoms with Gasteiger partial charge in [0.25, 0.3) is 0 Å². The predicted octanol–water partition coefficient (Wildman–Crippen LogP) is 1.76. The Kier molecular flexibility index (Phi) is 3.90. The Labute approximate surface area is 95.3 Å². The molecule has 1 fully saturated rings. The number of hydrogen-bond donors (Lipinski definition) is 1. The van der Waals surface area contributed by atoms with Crippen molar-refractivity contribution in [2.75, 3.05) is 13.2 Å². The van der Waals surface area contributed by atoms with Crippen LogP contribution in [0.4, 0.5) is 0 Å². The summed E-state index contributed by atoms with van der Waals surface area (Å²) in [5.74, 6) is 1.69. The summed E-state index contributed by atoms with van der Waals surface area (Å²) < 4.78 is 10.8. The third kappa shape index (κ3) is 2.59. The molecule has 1 aliphatic rings. The van der Waals surface area contributed by atoms with Crippen LogP contribution in [0, 0.1) is 0 Å². The van der Waals surface area contributed by atoms with E-state index in [9.17, 15) is 0 Å². The molecule has 0 spiro atoms. The van der Waals surface area contributed by atoms with Crippen LogP contribution in [0.1, 0.15) is 56.3 Å². The second-order valence-corrected chi connectivity index (χ2v) is 4.32. The average molecular weight is 225 g/mol. The van der Waals surface area contributed by atoms with Gasteiger partial charge in [-0.15, -0.1) is 0 Å². The largest absolute Gasteiger partial charge is 0.370 e. The van der Waals surface area contributed by atoms with Gasteiger partial charge in [-0.05, 0) is 32.2 Å². The molecular weight excluding hydrogens is 206 g/mol. The number of nitrogens with two attached hydrogens (primary N) is 1. The van der Waals surface area contributed by atoms with Crippen LogP contribution in [0.5, 0.6) is 0 Å². The molecule has 1 aliphatic heterocycles. The van der Waals surface area contributed by atoms with Crippen molar-refractivity contribution in [3.63, 3.8) is 0 Å². The summed E-state index contributed by atoms with van der Waals surface area (Å²) in [6.45, 7) is 3.59. The van der Waals surface area contributed by atoms with Crippen LogP contribution in [-0.2, 0) is 4.74 Å². The number of hydrogen-bond acceptors (Lipinski definition) is 5. The zero-order valence-corrected chi connectivity index (χ0v) is 9.69. The lowest BCUT2D eigenvalue weighted by Gasteiger charge is -2.04. The molecule has 1 aromatic rings. The molecule has 90 valence electrons. The molecule has 1 aromatic heterocycles. The minimum absolute atomic E-state index is 0.0409. The lowest BCUT2D eigenvalue weighted by Crippen LogP contribution is -2.03. The van der Waals surface area contributed by atoms with Crippen LogP contribution in [0.2, 0.25) is 0 Å². The van der Waals surface area contributed by atoms with E-state index in [1.807, 2.05) is 0 Å². The molecule has 2 unspecified atom stereocenters. The molecule has 0 amide bonds. The van der Waals surface area contributed by atoms with Gasteiger partial charge in [-0.3, -0.25) is 0 Å². The Bertz CT molecular complexity index is 321. The van der Waals surface area contributed by atoms with Gasteiger partial charge in [0.1, 0.15) is 6.10 Å². The highest BCUT2D eigenvalue weighted by Crippen LogP contribution is 2.28. The standard InChI is InChI=1S/C11H19N3O2/c1-8(4-2-6-12)11-13-10(14-16-11)9-5-3-7-15-9/h8-9H,2-7,12H2,1H3. The van der Waals surface area contributed by atoms with Gasteiger partial charge in [-0.25, -0.2) is 0 Å². The summed E-state index contributed by atoms with van der Waals surface area (Å²) in [5.41, 5.74) is 5.47. The van der Waals surface area contributed by atoms with Crippen molar-refractivity contribution in [2.24, 2.45) is 5.73 Å². The van der Waals surface area contributed by atoms with Crippen LogP contribution >= 0.6 is 0 Å². The topological polar surface area (TPSA) is 74.2 Å². The summed E-state index contributed by atoms with van der Waals surface area (Å²) >= 11 is 0. The van der Waals surface area contributed by atoms with Crippen LogP contribution in [0.15, 0.2) is 4.52 Å². The summed E-state index contributed by atoms with van der Waals surface area (Å²) in [6.07, 6.45) is 4.09. The van der Waals surface area contributed by atoms with Gasteiger partial charge in [-0.2, -0.15) is 4.98 Å². The Hall–Kier alpha value is -0.940. The Morgan fingerprint density at radius 3 is 3.12 bits per heavy atom. The maximum Gasteiger partial charge on any atom is 0.229 e. The van der Waals surface area contributed by atoms with Crippen molar-refractivity contribution in [3.8, 4) is 0 Å². The molecule has 1 saturated heterocycles. The molecule has 0 bridgehead atoms. The molecule has 5 heteroatoms. The van der Waals surface area contributed by atoms with Crippen molar-refractivity contribution >= 4 is 0 Å². The minimum atomic E-state index is 0.0409. The maximum absolute atomic E-state index is 5.51. The lowest BCUT2D eigenvalue weighted by molar-refractivity contribution is 0.103. The van der Waals surface area contributed by atoms with E-state index in [-0.39, 0.29) is 12.0 Å². The van der Waals surface area contributed by atoms with Gasteiger partial charge < -0.3 is 15.0 Å². The Morgan fingerprint density at radius 1 is 1.56 bits per heavy atom. The van der Waals surface area contributed by atoms with Crippen LogP contribution in [0.25, 0.3) is 0 Å². The summed E-state index contributed by atoms with van der Waals surface area (Å²) in [6, 6.07) is 0. The molecule has 16 heavy (non-hydrogen) atoms. The fraction of sp³-hybridized carbons (Fsp3) is 0.818. The molecule has 0 saturated carbocycles. The van der Waals surface area contributed by atoms with Crippen molar-refractivity contribution in [1.82, 2.24) is 10.1 Å². The van der Waals surface area contributed by atoms with E-state index in [4.69, 9.17) is 15.0 Å². The quantitative estimate of drug-likeness (QED) is 0.826.